The summed E-state index contributed by atoms with van der Waals surface area (Å²) in [6.45, 7) is 3.73. The third kappa shape index (κ3) is 3.90. The zero-order valence-electron chi connectivity index (χ0n) is 9.32. The van der Waals surface area contributed by atoms with Crippen LogP contribution in [-0.4, -0.2) is 23.0 Å². The molecule has 0 aromatic rings. The molecule has 2 N–H and O–H groups in total. The minimum atomic E-state index is -0.918. The van der Waals surface area contributed by atoms with E-state index in [1.54, 1.807) is 0 Å². The lowest BCUT2D eigenvalue weighted by Gasteiger charge is -2.16. The molecule has 2 unspecified atom stereocenters. The number of aliphatic carboxylic acids is 1. The van der Waals surface area contributed by atoms with Crippen LogP contribution in [0.2, 0.25) is 0 Å². The van der Waals surface area contributed by atoms with Gasteiger partial charge in [-0.25, -0.2) is 4.79 Å². The molecule has 0 heterocycles. The van der Waals surface area contributed by atoms with E-state index < -0.39 is 12.0 Å². The van der Waals surface area contributed by atoms with E-state index in [9.17, 15) is 9.59 Å². The summed E-state index contributed by atoms with van der Waals surface area (Å²) in [5.41, 5.74) is 0. The minimum absolute atomic E-state index is 0.106. The molecular weight excluding hydrogens is 194 g/mol. The van der Waals surface area contributed by atoms with E-state index >= 15 is 0 Å². The predicted molar refractivity (Wildman–Crippen MR) is 56.4 cm³/mol. The Labute approximate surface area is 90.0 Å². The van der Waals surface area contributed by atoms with Crippen molar-refractivity contribution in [1.82, 2.24) is 5.32 Å². The van der Waals surface area contributed by atoms with Gasteiger partial charge in [-0.3, -0.25) is 4.79 Å². The first-order valence-corrected chi connectivity index (χ1v) is 5.57. The van der Waals surface area contributed by atoms with Gasteiger partial charge in [0.2, 0.25) is 5.91 Å². The van der Waals surface area contributed by atoms with Crippen LogP contribution in [0.5, 0.6) is 0 Å². The molecule has 0 aromatic carbocycles. The smallest absolute Gasteiger partial charge is 0.326 e. The fourth-order valence-corrected chi connectivity index (χ4v) is 1.41. The first kappa shape index (κ1) is 12.0. The SMILES string of the molecule is CCC(C)C(=O)NC(CC1CC1)C(=O)O. The normalized spacial score (nSPS) is 19.3. The van der Waals surface area contributed by atoms with Gasteiger partial charge >= 0.3 is 5.97 Å². The molecule has 1 saturated carbocycles. The number of amides is 1. The standard InChI is InChI=1S/C11H19NO3/c1-3-7(2)10(13)12-9(11(14)15)6-8-4-5-8/h7-9H,3-6H2,1-2H3,(H,12,13)(H,14,15). The summed E-state index contributed by atoms with van der Waals surface area (Å²) in [6, 6.07) is -0.695. The number of carboxylic acids is 1. The Morgan fingerprint density at radius 1 is 1.47 bits per heavy atom. The van der Waals surface area contributed by atoms with E-state index in [0.29, 0.717) is 12.3 Å². The Bertz CT molecular complexity index is 248. The monoisotopic (exact) mass is 213 g/mol. The van der Waals surface area contributed by atoms with Gasteiger partial charge in [-0.05, 0) is 18.8 Å². The number of nitrogens with one attached hydrogen (secondary N) is 1. The number of hydrogen-bond acceptors (Lipinski definition) is 2. The highest BCUT2D eigenvalue weighted by Crippen LogP contribution is 2.33. The second-order valence-corrected chi connectivity index (χ2v) is 4.39. The lowest BCUT2D eigenvalue weighted by molar-refractivity contribution is -0.142. The van der Waals surface area contributed by atoms with Gasteiger partial charge in [0.05, 0.1) is 0 Å². The molecule has 0 aromatic heterocycles. The fourth-order valence-electron chi connectivity index (χ4n) is 1.41. The maximum Gasteiger partial charge on any atom is 0.326 e. The van der Waals surface area contributed by atoms with Crippen molar-refractivity contribution >= 4 is 11.9 Å². The summed E-state index contributed by atoms with van der Waals surface area (Å²) in [6.07, 6.45) is 3.52. The van der Waals surface area contributed by atoms with Gasteiger partial charge in [-0.15, -0.1) is 0 Å². The number of hydrogen-bond donors (Lipinski definition) is 2. The zero-order valence-corrected chi connectivity index (χ0v) is 9.32. The fraction of sp³-hybridized carbons (Fsp3) is 0.818. The van der Waals surface area contributed by atoms with Crippen LogP contribution in [0.25, 0.3) is 0 Å². The Kier molecular flexibility index (Phi) is 4.12. The maximum atomic E-state index is 11.5. The van der Waals surface area contributed by atoms with E-state index in [-0.39, 0.29) is 11.8 Å². The first-order valence-electron chi connectivity index (χ1n) is 5.57. The van der Waals surface area contributed by atoms with Gasteiger partial charge in [0.1, 0.15) is 6.04 Å². The van der Waals surface area contributed by atoms with Crippen molar-refractivity contribution in [1.29, 1.82) is 0 Å². The van der Waals surface area contributed by atoms with Crippen LogP contribution in [0.3, 0.4) is 0 Å². The molecule has 4 nitrogen and oxygen atoms in total. The lowest BCUT2D eigenvalue weighted by atomic mass is 10.1. The summed E-state index contributed by atoms with van der Waals surface area (Å²) >= 11 is 0. The van der Waals surface area contributed by atoms with Crippen LogP contribution in [0, 0.1) is 11.8 Å². The quantitative estimate of drug-likeness (QED) is 0.701. The van der Waals surface area contributed by atoms with Crippen molar-refractivity contribution < 1.29 is 14.7 Å². The van der Waals surface area contributed by atoms with Crippen LogP contribution in [-0.2, 0) is 9.59 Å². The summed E-state index contributed by atoms with van der Waals surface area (Å²) in [4.78, 5) is 22.4. The first-order chi connectivity index (χ1) is 7.04. The average Bonchev–Trinajstić information content (AvgIpc) is 2.99. The van der Waals surface area contributed by atoms with Gasteiger partial charge in [0.25, 0.3) is 0 Å². The second-order valence-electron chi connectivity index (χ2n) is 4.39. The molecule has 0 spiro atoms. The maximum absolute atomic E-state index is 11.5. The molecule has 4 heteroatoms. The minimum Gasteiger partial charge on any atom is -0.480 e. The molecule has 1 rings (SSSR count). The third-order valence-electron chi connectivity index (χ3n) is 2.94. The molecule has 0 radical (unpaired) electrons. The summed E-state index contributed by atoms with van der Waals surface area (Å²) in [5.74, 6) is -0.668. The van der Waals surface area contributed by atoms with Gasteiger partial charge in [0, 0.05) is 5.92 Å². The van der Waals surface area contributed by atoms with E-state index in [4.69, 9.17) is 5.11 Å². The number of rotatable bonds is 6. The number of carboxylic acid groups (broad SMARTS) is 1. The average molecular weight is 213 g/mol. The van der Waals surface area contributed by atoms with Crippen LogP contribution >= 0.6 is 0 Å². The number of carbonyl (C=O) groups is 2. The third-order valence-corrected chi connectivity index (χ3v) is 2.94. The Morgan fingerprint density at radius 3 is 2.47 bits per heavy atom. The molecule has 2 atom stereocenters. The van der Waals surface area contributed by atoms with Gasteiger partial charge in [-0.2, -0.15) is 0 Å². The number of carbonyl (C=O) groups excluding carboxylic acids is 1. The molecule has 1 amide bonds. The molecule has 1 fully saturated rings. The van der Waals surface area contributed by atoms with Crippen molar-refractivity contribution in [3.63, 3.8) is 0 Å². The summed E-state index contributed by atoms with van der Waals surface area (Å²) in [7, 11) is 0. The highest BCUT2D eigenvalue weighted by molar-refractivity contribution is 5.84. The van der Waals surface area contributed by atoms with Crippen LogP contribution in [0.1, 0.15) is 39.5 Å². The van der Waals surface area contributed by atoms with Crippen LogP contribution in [0.4, 0.5) is 0 Å². The summed E-state index contributed by atoms with van der Waals surface area (Å²) < 4.78 is 0. The molecule has 86 valence electrons. The topological polar surface area (TPSA) is 66.4 Å². The molecule has 0 bridgehead atoms. The zero-order chi connectivity index (χ0) is 11.4. The van der Waals surface area contributed by atoms with Crippen molar-refractivity contribution in [3.05, 3.63) is 0 Å². The highest BCUT2D eigenvalue weighted by atomic mass is 16.4. The molecule has 0 aliphatic heterocycles. The van der Waals surface area contributed by atoms with Crippen molar-refractivity contribution in [2.24, 2.45) is 11.8 Å². The van der Waals surface area contributed by atoms with E-state index in [1.165, 1.54) is 0 Å². The Balaban J connectivity index is 2.42. The van der Waals surface area contributed by atoms with Crippen molar-refractivity contribution in [2.75, 3.05) is 0 Å². The molecule has 1 aliphatic rings. The van der Waals surface area contributed by atoms with Crippen molar-refractivity contribution in [2.45, 2.75) is 45.6 Å². The van der Waals surface area contributed by atoms with Gasteiger partial charge in [0.15, 0.2) is 0 Å². The molecule has 0 saturated heterocycles. The van der Waals surface area contributed by atoms with Crippen LogP contribution in [0.15, 0.2) is 0 Å². The van der Waals surface area contributed by atoms with Gasteiger partial charge < -0.3 is 10.4 Å². The molecule has 1 aliphatic carbocycles. The van der Waals surface area contributed by atoms with Crippen LogP contribution < -0.4 is 5.32 Å². The van der Waals surface area contributed by atoms with Gasteiger partial charge in [-0.1, -0.05) is 26.7 Å². The summed E-state index contributed by atoms with van der Waals surface area (Å²) in [5, 5.41) is 11.5. The van der Waals surface area contributed by atoms with Crippen molar-refractivity contribution in [3.8, 4) is 0 Å². The highest BCUT2D eigenvalue weighted by Gasteiger charge is 2.30. The largest absolute Gasteiger partial charge is 0.480 e. The Morgan fingerprint density at radius 2 is 2.07 bits per heavy atom. The molecule has 15 heavy (non-hydrogen) atoms. The molecular formula is C11H19NO3. The van der Waals surface area contributed by atoms with E-state index in [2.05, 4.69) is 5.32 Å². The Hall–Kier alpha value is -1.06. The lowest BCUT2D eigenvalue weighted by Crippen LogP contribution is -2.43. The second kappa shape index (κ2) is 5.14. The van der Waals surface area contributed by atoms with E-state index in [1.807, 2.05) is 13.8 Å². The van der Waals surface area contributed by atoms with E-state index in [0.717, 1.165) is 19.3 Å². The predicted octanol–water partition coefficient (Wildman–Crippen LogP) is 1.40.